The van der Waals surface area contributed by atoms with E-state index in [4.69, 9.17) is 9.72 Å². The molecule has 0 aliphatic heterocycles. The van der Waals surface area contributed by atoms with E-state index in [1.54, 1.807) is 10.6 Å². The highest BCUT2D eigenvalue weighted by molar-refractivity contribution is 7.99. The first-order chi connectivity index (χ1) is 12.1. The lowest BCUT2D eigenvalue weighted by Crippen LogP contribution is -2.22. The first kappa shape index (κ1) is 17.3. The molecule has 0 aliphatic rings. The summed E-state index contributed by atoms with van der Waals surface area (Å²) in [5.41, 5.74) is 2.33. The van der Waals surface area contributed by atoms with Crippen molar-refractivity contribution >= 4 is 22.7 Å². The van der Waals surface area contributed by atoms with Gasteiger partial charge in [-0.3, -0.25) is 9.36 Å². The summed E-state index contributed by atoms with van der Waals surface area (Å²) in [6, 6.07) is 15.0. The zero-order valence-corrected chi connectivity index (χ0v) is 15.2. The Balaban J connectivity index is 2.28. The molecule has 25 heavy (non-hydrogen) atoms. The molecule has 1 heterocycles. The maximum Gasteiger partial charge on any atom is 0.266 e. The summed E-state index contributed by atoms with van der Waals surface area (Å²) in [6.45, 7) is 8.36. The molecule has 0 N–H and O–H groups in total. The molecular weight excluding hydrogens is 332 g/mol. The standard InChI is InChI=1S/C20H20N2O2S/c1-4-24-18-12-8-7-11-17(18)22-19(23)15-9-5-6-10-16(15)21-20(22)25-13-14(2)3/h5-12H,2,4,13H2,1,3H3. The molecule has 0 unspecified atom stereocenters. The highest BCUT2D eigenvalue weighted by atomic mass is 32.2. The van der Waals surface area contributed by atoms with Gasteiger partial charge in [-0.05, 0) is 38.1 Å². The molecule has 0 atom stereocenters. The van der Waals surface area contributed by atoms with Crippen molar-refractivity contribution in [1.29, 1.82) is 0 Å². The molecule has 5 heteroatoms. The topological polar surface area (TPSA) is 44.1 Å². The fourth-order valence-corrected chi connectivity index (χ4v) is 3.38. The Kier molecular flexibility index (Phi) is 5.24. The third kappa shape index (κ3) is 3.61. The smallest absolute Gasteiger partial charge is 0.266 e. The van der Waals surface area contributed by atoms with Crippen LogP contribution in [0.2, 0.25) is 0 Å². The Morgan fingerprint density at radius 1 is 1.20 bits per heavy atom. The van der Waals surface area contributed by atoms with E-state index in [1.807, 2.05) is 56.3 Å². The second-order valence-corrected chi connectivity index (χ2v) is 6.64. The van der Waals surface area contributed by atoms with Gasteiger partial charge in [-0.15, -0.1) is 0 Å². The molecule has 0 saturated carbocycles. The average Bonchev–Trinajstić information content (AvgIpc) is 2.61. The number of hydrogen-bond donors (Lipinski definition) is 0. The average molecular weight is 352 g/mol. The monoisotopic (exact) mass is 352 g/mol. The molecule has 0 bridgehead atoms. The van der Waals surface area contributed by atoms with Crippen molar-refractivity contribution in [2.45, 2.75) is 19.0 Å². The highest BCUT2D eigenvalue weighted by Crippen LogP contribution is 2.27. The zero-order valence-electron chi connectivity index (χ0n) is 14.4. The first-order valence-electron chi connectivity index (χ1n) is 8.13. The van der Waals surface area contributed by atoms with E-state index in [-0.39, 0.29) is 5.56 Å². The van der Waals surface area contributed by atoms with Crippen molar-refractivity contribution < 1.29 is 4.74 Å². The van der Waals surface area contributed by atoms with Crippen molar-refractivity contribution in [1.82, 2.24) is 9.55 Å². The number of aromatic nitrogens is 2. The summed E-state index contributed by atoms with van der Waals surface area (Å²) >= 11 is 1.50. The molecular formula is C20H20N2O2S. The lowest BCUT2D eigenvalue weighted by atomic mass is 10.2. The van der Waals surface area contributed by atoms with Crippen LogP contribution in [0.15, 0.2) is 70.6 Å². The maximum absolute atomic E-state index is 13.2. The van der Waals surface area contributed by atoms with Gasteiger partial charge in [0.25, 0.3) is 5.56 Å². The summed E-state index contributed by atoms with van der Waals surface area (Å²) in [5, 5.41) is 1.23. The molecule has 1 aromatic heterocycles. The summed E-state index contributed by atoms with van der Waals surface area (Å²) in [4.78, 5) is 17.9. The molecule has 3 aromatic rings. The van der Waals surface area contributed by atoms with Gasteiger partial charge < -0.3 is 4.74 Å². The van der Waals surface area contributed by atoms with Crippen molar-refractivity contribution in [2.75, 3.05) is 12.4 Å². The van der Waals surface area contributed by atoms with Crippen LogP contribution < -0.4 is 10.3 Å². The molecule has 0 amide bonds. The summed E-state index contributed by atoms with van der Waals surface area (Å²) < 4.78 is 7.36. The Labute approximate surface area is 151 Å². The van der Waals surface area contributed by atoms with E-state index in [0.717, 1.165) is 5.57 Å². The Hall–Kier alpha value is -2.53. The lowest BCUT2D eigenvalue weighted by molar-refractivity contribution is 0.338. The van der Waals surface area contributed by atoms with E-state index in [9.17, 15) is 4.79 Å². The minimum absolute atomic E-state index is 0.0954. The summed E-state index contributed by atoms with van der Waals surface area (Å²) in [5.74, 6) is 1.36. The third-order valence-electron chi connectivity index (χ3n) is 3.60. The van der Waals surface area contributed by atoms with Crippen LogP contribution >= 0.6 is 11.8 Å². The number of rotatable bonds is 6. The van der Waals surface area contributed by atoms with Gasteiger partial charge in [-0.2, -0.15) is 0 Å². The number of hydrogen-bond acceptors (Lipinski definition) is 4. The van der Waals surface area contributed by atoms with Crippen LogP contribution in [0.1, 0.15) is 13.8 Å². The minimum Gasteiger partial charge on any atom is -0.492 e. The van der Waals surface area contributed by atoms with Gasteiger partial charge in [0.15, 0.2) is 5.16 Å². The van der Waals surface area contributed by atoms with Gasteiger partial charge in [0.2, 0.25) is 0 Å². The molecule has 0 fully saturated rings. The summed E-state index contributed by atoms with van der Waals surface area (Å²) in [7, 11) is 0. The van der Waals surface area contributed by atoms with Gasteiger partial charge in [0, 0.05) is 5.75 Å². The first-order valence-corrected chi connectivity index (χ1v) is 9.11. The normalized spacial score (nSPS) is 10.8. The van der Waals surface area contributed by atoms with Crippen LogP contribution in [-0.2, 0) is 0 Å². The number of benzene rings is 2. The van der Waals surface area contributed by atoms with Crippen LogP contribution in [-0.4, -0.2) is 21.9 Å². The molecule has 2 aromatic carbocycles. The van der Waals surface area contributed by atoms with E-state index < -0.39 is 0 Å². The number of ether oxygens (including phenoxy) is 1. The molecule has 0 aliphatic carbocycles. The summed E-state index contributed by atoms with van der Waals surface area (Å²) in [6.07, 6.45) is 0. The van der Waals surface area contributed by atoms with Crippen molar-refractivity contribution in [2.24, 2.45) is 0 Å². The van der Waals surface area contributed by atoms with E-state index in [1.165, 1.54) is 11.8 Å². The van der Waals surface area contributed by atoms with E-state index >= 15 is 0 Å². The SMILES string of the molecule is C=C(C)CSc1nc2ccccc2c(=O)n1-c1ccccc1OCC. The highest BCUT2D eigenvalue weighted by Gasteiger charge is 2.16. The van der Waals surface area contributed by atoms with Gasteiger partial charge in [-0.1, -0.05) is 48.2 Å². The van der Waals surface area contributed by atoms with Crippen LogP contribution in [0.4, 0.5) is 0 Å². The van der Waals surface area contributed by atoms with Crippen LogP contribution in [0.5, 0.6) is 5.75 Å². The minimum atomic E-state index is -0.0954. The van der Waals surface area contributed by atoms with Gasteiger partial charge in [0.05, 0.1) is 23.2 Å². The van der Waals surface area contributed by atoms with Gasteiger partial charge in [-0.25, -0.2) is 4.98 Å². The molecule has 3 rings (SSSR count). The number of para-hydroxylation sites is 3. The lowest BCUT2D eigenvalue weighted by Gasteiger charge is -2.16. The quantitative estimate of drug-likeness (QED) is 0.373. The molecule has 4 nitrogen and oxygen atoms in total. The molecule has 128 valence electrons. The third-order valence-corrected chi connectivity index (χ3v) is 4.77. The second kappa shape index (κ2) is 7.57. The number of fused-ring (bicyclic) bond motifs is 1. The van der Waals surface area contributed by atoms with E-state index in [0.29, 0.717) is 39.9 Å². The Morgan fingerprint density at radius 3 is 2.68 bits per heavy atom. The largest absolute Gasteiger partial charge is 0.492 e. The van der Waals surface area contributed by atoms with Gasteiger partial charge in [0.1, 0.15) is 5.75 Å². The predicted molar refractivity (Wildman–Crippen MR) is 104 cm³/mol. The molecule has 0 radical (unpaired) electrons. The molecule has 0 saturated heterocycles. The number of thioether (sulfide) groups is 1. The van der Waals surface area contributed by atoms with Crippen LogP contribution in [0, 0.1) is 0 Å². The fraction of sp³-hybridized carbons (Fsp3) is 0.200. The predicted octanol–water partition coefficient (Wildman–Crippen LogP) is 4.45. The van der Waals surface area contributed by atoms with E-state index in [2.05, 4.69) is 6.58 Å². The van der Waals surface area contributed by atoms with Crippen molar-refractivity contribution in [3.63, 3.8) is 0 Å². The van der Waals surface area contributed by atoms with Crippen LogP contribution in [0.25, 0.3) is 16.6 Å². The maximum atomic E-state index is 13.2. The molecule has 0 spiro atoms. The van der Waals surface area contributed by atoms with Crippen molar-refractivity contribution in [3.05, 3.63) is 71.0 Å². The Morgan fingerprint density at radius 2 is 1.92 bits per heavy atom. The zero-order chi connectivity index (χ0) is 17.8. The number of nitrogens with zero attached hydrogens (tertiary/aromatic N) is 2. The van der Waals surface area contributed by atoms with Crippen LogP contribution in [0.3, 0.4) is 0 Å². The van der Waals surface area contributed by atoms with Crippen molar-refractivity contribution in [3.8, 4) is 11.4 Å². The Bertz CT molecular complexity index is 979. The van der Waals surface area contributed by atoms with Gasteiger partial charge >= 0.3 is 0 Å². The fourth-order valence-electron chi connectivity index (χ4n) is 2.53. The second-order valence-electron chi connectivity index (χ2n) is 5.70.